The van der Waals surface area contributed by atoms with E-state index < -0.39 is 0 Å². The number of amides is 1. The number of ether oxygens (including phenoxy) is 1. The van der Waals surface area contributed by atoms with Gasteiger partial charge in [-0.3, -0.25) is 4.79 Å². The van der Waals surface area contributed by atoms with Crippen LogP contribution in [0, 0.1) is 0 Å². The second-order valence-electron chi connectivity index (χ2n) is 3.14. The van der Waals surface area contributed by atoms with Crippen molar-refractivity contribution >= 4 is 5.91 Å². The molecule has 5 N–H and O–H groups in total. The van der Waals surface area contributed by atoms with Gasteiger partial charge in [0.1, 0.15) is 6.10 Å². The number of hydrogen-bond donors (Lipinski definition) is 3. The standard InChI is InChI=1S/C8H17N3O2/c9-3-4-11-8(12)7-2-1-6(5-10)13-7/h6-7H,1-5,9-10H2,(H,11,12). The molecule has 1 amide bonds. The van der Waals surface area contributed by atoms with Crippen molar-refractivity contribution in [3.05, 3.63) is 0 Å². The van der Waals surface area contributed by atoms with Gasteiger partial charge in [0, 0.05) is 19.6 Å². The van der Waals surface area contributed by atoms with Gasteiger partial charge in [-0.05, 0) is 12.8 Å². The van der Waals surface area contributed by atoms with E-state index in [0.29, 0.717) is 19.6 Å². The molecule has 0 aliphatic carbocycles. The number of nitrogens with two attached hydrogens (primary N) is 2. The summed E-state index contributed by atoms with van der Waals surface area (Å²) in [6, 6.07) is 0. The first-order chi connectivity index (χ1) is 6.27. The summed E-state index contributed by atoms with van der Waals surface area (Å²) in [5.74, 6) is -0.0681. The van der Waals surface area contributed by atoms with Crippen LogP contribution >= 0.6 is 0 Å². The van der Waals surface area contributed by atoms with Gasteiger partial charge in [-0.25, -0.2) is 0 Å². The maximum Gasteiger partial charge on any atom is 0.249 e. The van der Waals surface area contributed by atoms with E-state index in [-0.39, 0.29) is 18.1 Å². The Bertz CT molecular complexity index is 175. The van der Waals surface area contributed by atoms with Gasteiger partial charge in [0.15, 0.2) is 0 Å². The number of carbonyl (C=O) groups is 1. The zero-order valence-electron chi connectivity index (χ0n) is 7.66. The third kappa shape index (κ3) is 2.95. The van der Waals surface area contributed by atoms with Gasteiger partial charge in [-0.15, -0.1) is 0 Å². The highest BCUT2D eigenvalue weighted by atomic mass is 16.5. The molecular weight excluding hydrogens is 170 g/mol. The minimum atomic E-state index is -0.319. The van der Waals surface area contributed by atoms with Crippen molar-refractivity contribution in [1.29, 1.82) is 0 Å². The molecule has 76 valence electrons. The van der Waals surface area contributed by atoms with Gasteiger partial charge < -0.3 is 21.5 Å². The van der Waals surface area contributed by atoms with Crippen molar-refractivity contribution in [2.45, 2.75) is 25.0 Å². The monoisotopic (exact) mass is 187 g/mol. The summed E-state index contributed by atoms with van der Waals surface area (Å²) < 4.78 is 5.39. The molecule has 13 heavy (non-hydrogen) atoms. The van der Waals surface area contributed by atoms with Crippen molar-refractivity contribution < 1.29 is 9.53 Å². The molecular formula is C8H17N3O2. The first-order valence-electron chi connectivity index (χ1n) is 4.61. The molecule has 2 unspecified atom stereocenters. The topological polar surface area (TPSA) is 90.4 Å². The predicted molar refractivity (Wildman–Crippen MR) is 49.0 cm³/mol. The van der Waals surface area contributed by atoms with Crippen LogP contribution in [0.5, 0.6) is 0 Å². The Balaban J connectivity index is 2.25. The molecule has 0 radical (unpaired) electrons. The third-order valence-electron chi connectivity index (χ3n) is 2.11. The van der Waals surface area contributed by atoms with Crippen LogP contribution in [0.1, 0.15) is 12.8 Å². The second-order valence-corrected chi connectivity index (χ2v) is 3.14. The van der Waals surface area contributed by atoms with E-state index in [9.17, 15) is 4.79 Å². The van der Waals surface area contributed by atoms with E-state index in [4.69, 9.17) is 16.2 Å². The average molecular weight is 187 g/mol. The molecule has 0 aromatic heterocycles. The highest BCUT2D eigenvalue weighted by molar-refractivity contribution is 5.80. The molecule has 1 aliphatic heterocycles. The summed E-state index contributed by atoms with van der Waals surface area (Å²) in [5.41, 5.74) is 10.7. The SMILES string of the molecule is NCCNC(=O)C1CCC(CN)O1. The molecule has 1 saturated heterocycles. The zero-order chi connectivity index (χ0) is 9.68. The molecule has 2 atom stereocenters. The van der Waals surface area contributed by atoms with Crippen LogP contribution in [0.25, 0.3) is 0 Å². The summed E-state index contributed by atoms with van der Waals surface area (Å²) in [6.07, 6.45) is 1.36. The Hall–Kier alpha value is -0.650. The Morgan fingerprint density at radius 1 is 1.46 bits per heavy atom. The summed E-state index contributed by atoms with van der Waals surface area (Å²) >= 11 is 0. The number of nitrogens with one attached hydrogen (secondary N) is 1. The first-order valence-corrected chi connectivity index (χ1v) is 4.61. The van der Waals surface area contributed by atoms with E-state index in [2.05, 4.69) is 5.32 Å². The fourth-order valence-electron chi connectivity index (χ4n) is 1.38. The summed E-state index contributed by atoms with van der Waals surface area (Å²) in [7, 11) is 0. The number of hydrogen-bond acceptors (Lipinski definition) is 4. The lowest BCUT2D eigenvalue weighted by molar-refractivity contribution is -0.131. The molecule has 1 fully saturated rings. The molecule has 0 spiro atoms. The van der Waals surface area contributed by atoms with Gasteiger partial charge >= 0.3 is 0 Å². The molecule has 5 heteroatoms. The fourth-order valence-corrected chi connectivity index (χ4v) is 1.38. The van der Waals surface area contributed by atoms with Crippen molar-refractivity contribution in [1.82, 2.24) is 5.32 Å². The lowest BCUT2D eigenvalue weighted by atomic mass is 10.2. The smallest absolute Gasteiger partial charge is 0.249 e. The van der Waals surface area contributed by atoms with Crippen molar-refractivity contribution in [3.8, 4) is 0 Å². The number of carbonyl (C=O) groups excluding carboxylic acids is 1. The van der Waals surface area contributed by atoms with E-state index in [1.165, 1.54) is 0 Å². The summed E-state index contributed by atoms with van der Waals surface area (Å²) in [4.78, 5) is 11.3. The first kappa shape index (κ1) is 10.4. The highest BCUT2D eigenvalue weighted by Crippen LogP contribution is 2.18. The maximum atomic E-state index is 11.3. The van der Waals surface area contributed by atoms with Crippen molar-refractivity contribution in [2.75, 3.05) is 19.6 Å². The number of rotatable bonds is 4. The minimum absolute atomic E-state index is 0.0497. The quantitative estimate of drug-likeness (QED) is 0.503. The highest BCUT2D eigenvalue weighted by Gasteiger charge is 2.29. The van der Waals surface area contributed by atoms with Gasteiger partial charge in [-0.2, -0.15) is 0 Å². The Labute approximate surface area is 77.8 Å². The normalized spacial score (nSPS) is 27.5. The fraction of sp³-hybridized carbons (Fsp3) is 0.875. The lowest BCUT2D eigenvalue weighted by Crippen LogP contribution is -2.38. The predicted octanol–water partition coefficient (Wildman–Crippen LogP) is -1.43. The van der Waals surface area contributed by atoms with Crippen molar-refractivity contribution in [3.63, 3.8) is 0 Å². The van der Waals surface area contributed by atoms with E-state index in [1.54, 1.807) is 0 Å². The molecule has 0 bridgehead atoms. The van der Waals surface area contributed by atoms with E-state index in [1.807, 2.05) is 0 Å². The van der Waals surface area contributed by atoms with Crippen molar-refractivity contribution in [2.24, 2.45) is 11.5 Å². The maximum absolute atomic E-state index is 11.3. The molecule has 0 aromatic rings. The average Bonchev–Trinajstić information content (AvgIpc) is 2.62. The summed E-state index contributed by atoms with van der Waals surface area (Å²) in [5, 5.41) is 2.69. The van der Waals surface area contributed by atoms with Gasteiger partial charge in [-0.1, -0.05) is 0 Å². The molecule has 1 heterocycles. The molecule has 1 aliphatic rings. The van der Waals surface area contributed by atoms with Crippen LogP contribution in [0.15, 0.2) is 0 Å². The second kappa shape index (κ2) is 5.16. The van der Waals surface area contributed by atoms with Crippen LogP contribution in [-0.2, 0) is 9.53 Å². The molecule has 5 nitrogen and oxygen atoms in total. The Morgan fingerprint density at radius 2 is 2.23 bits per heavy atom. The van der Waals surface area contributed by atoms with E-state index in [0.717, 1.165) is 12.8 Å². The van der Waals surface area contributed by atoms with Gasteiger partial charge in [0.25, 0.3) is 0 Å². The van der Waals surface area contributed by atoms with Crippen LogP contribution in [0.3, 0.4) is 0 Å². The molecule has 0 saturated carbocycles. The lowest BCUT2D eigenvalue weighted by Gasteiger charge is -2.11. The minimum Gasteiger partial charge on any atom is -0.364 e. The van der Waals surface area contributed by atoms with Crippen LogP contribution < -0.4 is 16.8 Å². The Morgan fingerprint density at radius 3 is 2.77 bits per heavy atom. The summed E-state index contributed by atoms with van der Waals surface area (Å²) in [6.45, 7) is 1.45. The van der Waals surface area contributed by atoms with E-state index >= 15 is 0 Å². The van der Waals surface area contributed by atoms with Gasteiger partial charge in [0.2, 0.25) is 5.91 Å². The molecule has 1 rings (SSSR count). The third-order valence-corrected chi connectivity index (χ3v) is 2.11. The Kier molecular flexibility index (Phi) is 4.14. The zero-order valence-corrected chi connectivity index (χ0v) is 7.66. The molecule has 0 aromatic carbocycles. The largest absolute Gasteiger partial charge is 0.364 e. The van der Waals surface area contributed by atoms with Gasteiger partial charge in [0.05, 0.1) is 6.10 Å². The van der Waals surface area contributed by atoms with Crippen LogP contribution in [0.2, 0.25) is 0 Å². The van der Waals surface area contributed by atoms with Crippen LogP contribution in [-0.4, -0.2) is 37.7 Å². The van der Waals surface area contributed by atoms with Crippen LogP contribution in [0.4, 0.5) is 0 Å².